The van der Waals surface area contributed by atoms with Crippen LogP contribution in [0.4, 0.5) is 0 Å². The second kappa shape index (κ2) is 2.49. The molecule has 48 valence electrons. The molecule has 0 radical (unpaired) electrons. The van der Waals surface area contributed by atoms with Crippen LogP contribution in [0.2, 0.25) is 0 Å². The van der Waals surface area contributed by atoms with Crippen molar-refractivity contribution < 1.29 is 0 Å². The lowest BCUT2D eigenvalue weighted by atomic mass is 10.2. The fraction of sp³-hybridized carbons (Fsp3) is 0.375. The van der Waals surface area contributed by atoms with Crippen LogP contribution in [0.25, 0.3) is 0 Å². The van der Waals surface area contributed by atoms with Crippen LogP contribution >= 0.6 is 8.19 Å². The van der Waals surface area contributed by atoms with Gasteiger partial charge in [-0.1, -0.05) is 14.3 Å². The fourth-order valence-corrected chi connectivity index (χ4v) is 1.66. The Balaban J connectivity index is 3.25. The van der Waals surface area contributed by atoms with Crippen molar-refractivity contribution in [3.8, 4) is 0 Å². The molecule has 0 nitrogen and oxygen atoms in total. The molecule has 0 aliphatic rings. The van der Waals surface area contributed by atoms with Crippen molar-refractivity contribution in [3.63, 3.8) is 0 Å². The zero-order valence-electron chi connectivity index (χ0n) is 6.10. The molecule has 0 saturated carbocycles. The molecule has 1 heteroatoms. The molecule has 1 heterocycles. The average molecular weight is 138 g/mol. The zero-order valence-corrected chi connectivity index (χ0v) is 7.00. The molecule has 0 aliphatic heterocycles. The van der Waals surface area contributed by atoms with Crippen LogP contribution in [-0.4, -0.2) is 0 Å². The highest BCUT2D eigenvalue weighted by Gasteiger charge is 1.92. The molecule has 0 saturated heterocycles. The summed E-state index contributed by atoms with van der Waals surface area (Å²) >= 11 is 0. The highest BCUT2D eigenvalue weighted by Crippen LogP contribution is 2.19. The molecule has 1 aromatic heterocycles. The topological polar surface area (TPSA) is 0 Å². The van der Waals surface area contributed by atoms with Crippen molar-refractivity contribution in [2.24, 2.45) is 0 Å². The molecule has 0 N–H and O–H groups in total. The number of hydrogen-bond donors (Lipinski definition) is 0. The third kappa shape index (κ3) is 1.31. The van der Waals surface area contributed by atoms with Crippen molar-refractivity contribution in [1.29, 1.82) is 0 Å². The summed E-state index contributed by atoms with van der Waals surface area (Å²) in [5, 5.41) is 1.48. The first-order valence-electron chi connectivity index (χ1n) is 3.10. The van der Waals surface area contributed by atoms with Crippen molar-refractivity contribution in [2.75, 3.05) is 0 Å². The molecule has 1 aromatic rings. The fourth-order valence-electron chi connectivity index (χ4n) is 0.768. The van der Waals surface area contributed by atoms with Gasteiger partial charge in [0.05, 0.1) is 0 Å². The van der Waals surface area contributed by atoms with Gasteiger partial charge in [-0.3, -0.25) is 0 Å². The summed E-state index contributed by atoms with van der Waals surface area (Å²) in [6.07, 6.45) is 0. The minimum atomic E-state index is 1.36. The van der Waals surface area contributed by atoms with Gasteiger partial charge in [0.2, 0.25) is 0 Å². The Bertz CT molecular complexity index is 196. The van der Waals surface area contributed by atoms with Crippen molar-refractivity contribution in [2.45, 2.75) is 20.8 Å². The maximum Gasteiger partial charge on any atom is -0.0205 e. The number of hydrogen-bond acceptors (Lipinski definition) is 0. The molecule has 0 fully saturated rings. The maximum atomic E-state index is 2.19. The van der Waals surface area contributed by atoms with Gasteiger partial charge >= 0.3 is 0 Å². The Hall–Kier alpha value is -0.350. The summed E-state index contributed by atoms with van der Waals surface area (Å²) in [6.45, 7) is 6.52. The third-order valence-electron chi connectivity index (χ3n) is 1.73. The van der Waals surface area contributed by atoms with E-state index in [2.05, 4.69) is 32.6 Å². The number of rotatable bonds is 0. The highest BCUT2D eigenvalue weighted by molar-refractivity contribution is 7.30. The molecule has 0 amide bonds. The lowest BCUT2D eigenvalue weighted by Crippen LogP contribution is -1.79. The van der Waals surface area contributed by atoms with Gasteiger partial charge in [0, 0.05) is 0 Å². The molecule has 0 atom stereocenters. The van der Waals surface area contributed by atoms with E-state index in [1.54, 1.807) is 0 Å². The van der Waals surface area contributed by atoms with E-state index >= 15 is 0 Å². The largest absolute Gasteiger partial charge is 0.0729 e. The average Bonchev–Trinajstić information content (AvgIpc) is 1.83. The number of aryl methyl sites for hydroxylation is 2. The second-order valence-electron chi connectivity index (χ2n) is 2.34. The standard InChI is InChI=1S/C8H11P/c1-6-4-5-9-8(3)7(6)2/h4-5H,1-3H3. The zero-order chi connectivity index (χ0) is 6.85. The van der Waals surface area contributed by atoms with Crippen molar-refractivity contribution >= 4 is 8.19 Å². The summed E-state index contributed by atoms with van der Waals surface area (Å²) in [5.74, 6) is 2.19. The predicted molar refractivity (Wildman–Crippen MR) is 43.2 cm³/mol. The van der Waals surface area contributed by atoms with E-state index in [0.717, 1.165) is 0 Å². The van der Waals surface area contributed by atoms with E-state index in [1.807, 2.05) is 0 Å². The quantitative estimate of drug-likeness (QED) is 0.516. The van der Waals surface area contributed by atoms with Crippen LogP contribution < -0.4 is 0 Å². The van der Waals surface area contributed by atoms with Crippen LogP contribution in [0.5, 0.6) is 0 Å². The van der Waals surface area contributed by atoms with Gasteiger partial charge in [-0.2, -0.15) is 0 Å². The third-order valence-corrected chi connectivity index (χ3v) is 2.75. The van der Waals surface area contributed by atoms with Crippen LogP contribution in [0.15, 0.2) is 11.9 Å². The first-order chi connectivity index (χ1) is 4.22. The van der Waals surface area contributed by atoms with E-state index in [9.17, 15) is 0 Å². The molecular formula is C8H11P. The van der Waals surface area contributed by atoms with Gasteiger partial charge in [0.15, 0.2) is 0 Å². The molecule has 0 aromatic carbocycles. The highest BCUT2D eigenvalue weighted by atomic mass is 31.0. The maximum absolute atomic E-state index is 2.19. The first kappa shape index (κ1) is 6.77. The molecular weight excluding hydrogens is 127 g/mol. The summed E-state index contributed by atoms with van der Waals surface area (Å²) in [6, 6.07) is 2.18. The van der Waals surface area contributed by atoms with Crippen molar-refractivity contribution in [3.05, 3.63) is 28.3 Å². The van der Waals surface area contributed by atoms with Gasteiger partial charge in [-0.25, -0.2) is 0 Å². The molecule has 0 aliphatic carbocycles. The summed E-state index contributed by atoms with van der Waals surface area (Å²) in [4.78, 5) is 0. The normalized spacial score (nSPS) is 10.6. The lowest BCUT2D eigenvalue weighted by molar-refractivity contribution is 1.32. The first-order valence-corrected chi connectivity index (χ1v) is 4.07. The van der Waals surface area contributed by atoms with Crippen molar-refractivity contribution in [1.82, 2.24) is 0 Å². The van der Waals surface area contributed by atoms with E-state index in [4.69, 9.17) is 0 Å². The van der Waals surface area contributed by atoms with Crippen LogP contribution in [-0.2, 0) is 0 Å². The molecule has 9 heavy (non-hydrogen) atoms. The van der Waals surface area contributed by atoms with E-state index in [1.165, 1.54) is 24.6 Å². The van der Waals surface area contributed by atoms with E-state index < -0.39 is 0 Å². The Morgan fingerprint density at radius 1 is 1.22 bits per heavy atom. The summed E-state index contributed by atoms with van der Waals surface area (Å²) < 4.78 is 0. The minimum absolute atomic E-state index is 1.36. The Morgan fingerprint density at radius 3 is 2.33 bits per heavy atom. The molecule has 1 rings (SSSR count). The Morgan fingerprint density at radius 2 is 1.89 bits per heavy atom. The van der Waals surface area contributed by atoms with Crippen LogP contribution in [0, 0.1) is 20.8 Å². The smallest absolute Gasteiger partial charge is 0.0205 e. The van der Waals surface area contributed by atoms with Gasteiger partial charge < -0.3 is 0 Å². The van der Waals surface area contributed by atoms with E-state index in [-0.39, 0.29) is 0 Å². The van der Waals surface area contributed by atoms with Crippen LogP contribution in [0.3, 0.4) is 0 Å². The molecule has 0 unspecified atom stereocenters. The van der Waals surface area contributed by atoms with Gasteiger partial charge in [0.1, 0.15) is 0 Å². The Labute approximate surface area is 58.0 Å². The van der Waals surface area contributed by atoms with Gasteiger partial charge in [0.25, 0.3) is 0 Å². The predicted octanol–water partition coefficient (Wildman–Crippen LogP) is 3.19. The summed E-state index contributed by atoms with van der Waals surface area (Å²) in [5.41, 5.74) is 2.87. The summed E-state index contributed by atoms with van der Waals surface area (Å²) in [7, 11) is 1.36. The van der Waals surface area contributed by atoms with Gasteiger partial charge in [-0.15, -0.1) is 0 Å². The Kier molecular flexibility index (Phi) is 1.87. The van der Waals surface area contributed by atoms with Gasteiger partial charge in [-0.05, 0) is 43.0 Å². The SMILES string of the molecule is Cc1ccpc(C)c1C. The minimum Gasteiger partial charge on any atom is -0.0729 e. The van der Waals surface area contributed by atoms with Crippen LogP contribution in [0.1, 0.15) is 16.4 Å². The molecule has 0 spiro atoms. The monoisotopic (exact) mass is 138 g/mol. The lowest BCUT2D eigenvalue weighted by Gasteiger charge is -2.00. The second-order valence-corrected chi connectivity index (χ2v) is 3.57. The molecule has 0 bridgehead atoms. The van der Waals surface area contributed by atoms with E-state index in [0.29, 0.717) is 0 Å².